The Balaban J connectivity index is 2.37. The lowest BCUT2D eigenvalue weighted by atomic mass is 10.4. The Labute approximate surface area is 103 Å². The van der Waals surface area contributed by atoms with Crippen LogP contribution in [-0.2, 0) is 0 Å². The molecule has 0 radical (unpaired) electrons. The molecule has 0 saturated carbocycles. The average Bonchev–Trinajstić information content (AvgIpc) is 2.24. The minimum absolute atomic E-state index is 0.125. The summed E-state index contributed by atoms with van der Waals surface area (Å²) >= 11 is 0. The quantitative estimate of drug-likeness (QED) is 0.708. The fourth-order valence-electron chi connectivity index (χ4n) is 1.27. The van der Waals surface area contributed by atoms with Gasteiger partial charge in [-0.25, -0.2) is 4.98 Å². The molecule has 96 valence electrons. The van der Waals surface area contributed by atoms with Gasteiger partial charge in [0.15, 0.2) is 0 Å². The van der Waals surface area contributed by atoms with E-state index in [0.29, 0.717) is 17.9 Å². The first-order valence-electron chi connectivity index (χ1n) is 6.05. The van der Waals surface area contributed by atoms with Crippen LogP contribution in [0.25, 0.3) is 0 Å². The number of nitrogens with one attached hydrogen (secondary N) is 2. The Morgan fingerprint density at radius 3 is 2.65 bits per heavy atom. The minimum Gasteiger partial charge on any atom is -0.475 e. The summed E-state index contributed by atoms with van der Waals surface area (Å²) in [6.45, 7) is 9.87. The summed E-state index contributed by atoms with van der Waals surface area (Å²) in [4.78, 5) is 8.39. The molecule has 0 fully saturated rings. The Morgan fingerprint density at radius 2 is 2.00 bits per heavy atom. The molecular formula is C12H22N4O. The van der Waals surface area contributed by atoms with Gasteiger partial charge in [0.25, 0.3) is 0 Å². The Kier molecular flexibility index (Phi) is 5.69. The van der Waals surface area contributed by atoms with E-state index in [9.17, 15) is 0 Å². The first-order valence-corrected chi connectivity index (χ1v) is 6.05. The normalized spacial score (nSPS) is 10.9. The molecule has 5 nitrogen and oxygen atoms in total. The highest BCUT2D eigenvalue weighted by Crippen LogP contribution is 2.09. The highest BCUT2D eigenvalue weighted by Gasteiger charge is 2.01. The summed E-state index contributed by atoms with van der Waals surface area (Å²) in [5, 5.41) is 6.46. The largest absolute Gasteiger partial charge is 0.475 e. The summed E-state index contributed by atoms with van der Waals surface area (Å²) < 4.78 is 5.49. The number of hydrogen-bond donors (Lipinski definition) is 2. The molecule has 0 bridgehead atoms. The van der Waals surface area contributed by atoms with E-state index < -0.39 is 0 Å². The molecule has 1 heterocycles. The molecule has 0 aromatic carbocycles. The summed E-state index contributed by atoms with van der Waals surface area (Å²) in [5.74, 6) is 1.21. The van der Waals surface area contributed by atoms with Gasteiger partial charge in [-0.05, 0) is 13.8 Å². The fraction of sp³-hybridized carbons (Fsp3) is 0.667. The second kappa shape index (κ2) is 7.06. The van der Waals surface area contributed by atoms with Gasteiger partial charge in [-0.15, -0.1) is 0 Å². The van der Waals surface area contributed by atoms with Crippen molar-refractivity contribution in [3.8, 4) is 5.88 Å². The third kappa shape index (κ3) is 6.06. The average molecular weight is 238 g/mol. The van der Waals surface area contributed by atoms with Gasteiger partial charge >= 0.3 is 0 Å². The maximum absolute atomic E-state index is 5.49. The van der Waals surface area contributed by atoms with Crippen molar-refractivity contribution >= 4 is 5.95 Å². The standard InChI is InChI=1S/C12H22N4O/c1-9(2)13-7-8-15-12-14-6-5-11(16-12)17-10(3)4/h5-6,9-10,13H,7-8H2,1-4H3,(H,14,15,16). The molecule has 5 heteroatoms. The van der Waals surface area contributed by atoms with Crippen LogP contribution in [0.4, 0.5) is 5.95 Å². The zero-order valence-electron chi connectivity index (χ0n) is 11.0. The first-order chi connectivity index (χ1) is 8.08. The van der Waals surface area contributed by atoms with Crippen molar-refractivity contribution in [2.45, 2.75) is 39.8 Å². The van der Waals surface area contributed by atoms with Crippen LogP contribution in [-0.4, -0.2) is 35.2 Å². The predicted octanol–water partition coefficient (Wildman–Crippen LogP) is 1.67. The molecule has 1 aromatic rings. The zero-order chi connectivity index (χ0) is 12.7. The molecule has 0 aliphatic heterocycles. The molecule has 0 aliphatic rings. The number of hydrogen-bond acceptors (Lipinski definition) is 5. The van der Waals surface area contributed by atoms with E-state index in [4.69, 9.17) is 4.74 Å². The summed E-state index contributed by atoms with van der Waals surface area (Å²) in [7, 11) is 0. The number of rotatable bonds is 7. The number of anilines is 1. The third-order valence-corrected chi connectivity index (χ3v) is 1.95. The van der Waals surface area contributed by atoms with Crippen LogP contribution in [0.1, 0.15) is 27.7 Å². The van der Waals surface area contributed by atoms with E-state index in [1.54, 1.807) is 12.3 Å². The van der Waals surface area contributed by atoms with Crippen molar-refractivity contribution in [1.82, 2.24) is 15.3 Å². The topological polar surface area (TPSA) is 59.1 Å². The Bertz CT molecular complexity index is 328. The van der Waals surface area contributed by atoms with Crippen molar-refractivity contribution in [3.63, 3.8) is 0 Å². The second-order valence-electron chi connectivity index (χ2n) is 4.42. The fourth-order valence-corrected chi connectivity index (χ4v) is 1.27. The number of aromatic nitrogens is 2. The van der Waals surface area contributed by atoms with Crippen molar-refractivity contribution in [2.75, 3.05) is 18.4 Å². The maximum atomic E-state index is 5.49. The van der Waals surface area contributed by atoms with Gasteiger partial charge in [0, 0.05) is 31.4 Å². The molecule has 0 amide bonds. The first kappa shape index (κ1) is 13.7. The van der Waals surface area contributed by atoms with Gasteiger partial charge in [-0.1, -0.05) is 13.8 Å². The van der Waals surface area contributed by atoms with Crippen LogP contribution in [0.3, 0.4) is 0 Å². The van der Waals surface area contributed by atoms with Gasteiger partial charge in [0.05, 0.1) is 6.10 Å². The molecular weight excluding hydrogens is 216 g/mol. The lowest BCUT2D eigenvalue weighted by molar-refractivity contribution is 0.232. The Hall–Kier alpha value is -1.36. The van der Waals surface area contributed by atoms with Crippen LogP contribution in [0.5, 0.6) is 5.88 Å². The van der Waals surface area contributed by atoms with Crippen molar-refractivity contribution in [1.29, 1.82) is 0 Å². The lowest BCUT2D eigenvalue weighted by Gasteiger charge is -2.11. The van der Waals surface area contributed by atoms with Crippen molar-refractivity contribution < 1.29 is 4.74 Å². The van der Waals surface area contributed by atoms with Gasteiger partial charge in [-0.3, -0.25) is 0 Å². The van der Waals surface area contributed by atoms with E-state index in [2.05, 4.69) is 34.4 Å². The summed E-state index contributed by atoms with van der Waals surface area (Å²) in [6, 6.07) is 2.26. The van der Waals surface area contributed by atoms with Crippen molar-refractivity contribution in [2.24, 2.45) is 0 Å². The van der Waals surface area contributed by atoms with Crippen LogP contribution >= 0.6 is 0 Å². The smallest absolute Gasteiger partial charge is 0.225 e. The van der Waals surface area contributed by atoms with Gasteiger partial charge in [0.2, 0.25) is 11.8 Å². The predicted molar refractivity (Wildman–Crippen MR) is 69.4 cm³/mol. The molecule has 0 spiro atoms. The van der Waals surface area contributed by atoms with E-state index in [-0.39, 0.29) is 6.10 Å². The SMILES string of the molecule is CC(C)NCCNc1nccc(OC(C)C)n1. The molecule has 0 aliphatic carbocycles. The highest BCUT2D eigenvalue weighted by molar-refractivity contribution is 5.27. The van der Waals surface area contributed by atoms with E-state index >= 15 is 0 Å². The van der Waals surface area contributed by atoms with E-state index in [1.807, 2.05) is 13.8 Å². The summed E-state index contributed by atoms with van der Waals surface area (Å²) in [5.41, 5.74) is 0. The lowest BCUT2D eigenvalue weighted by Crippen LogP contribution is -2.28. The van der Waals surface area contributed by atoms with Crippen LogP contribution in [0.2, 0.25) is 0 Å². The van der Waals surface area contributed by atoms with Gasteiger partial charge in [-0.2, -0.15) is 4.98 Å². The molecule has 1 aromatic heterocycles. The van der Waals surface area contributed by atoms with Gasteiger partial charge < -0.3 is 15.4 Å². The minimum atomic E-state index is 0.125. The molecule has 2 N–H and O–H groups in total. The summed E-state index contributed by atoms with van der Waals surface area (Å²) in [6.07, 6.45) is 1.82. The molecule has 0 atom stereocenters. The van der Waals surface area contributed by atoms with E-state index in [1.165, 1.54) is 0 Å². The maximum Gasteiger partial charge on any atom is 0.225 e. The molecule has 17 heavy (non-hydrogen) atoms. The molecule has 0 saturated heterocycles. The van der Waals surface area contributed by atoms with Crippen LogP contribution in [0.15, 0.2) is 12.3 Å². The van der Waals surface area contributed by atoms with Gasteiger partial charge in [0.1, 0.15) is 0 Å². The monoisotopic (exact) mass is 238 g/mol. The highest BCUT2D eigenvalue weighted by atomic mass is 16.5. The molecule has 1 rings (SSSR count). The Morgan fingerprint density at radius 1 is 1.24 bits per heavy atom. The number of nitrogens with zero attached hydrogens (tertiary/aromatic N) is 2. The third-order valence-electron chi connectivity index (χ3n) is 1.95. The van der Waals surface area contributed by atoms with Crippen LogP contribution < -0.4 is 15.4 Å². The number of ether oxygens (including phenoxy) is 1. The zero-order valence-corrected chi connectivity index (χ0v) is 11.0. The van der Waals surface area contributed by atoms with Crippen LogP contribution in [0, 0.1) is 0 Å². The molecule has 0 unspecified atom stereocenters. The van der Waals surface area contributed by atoms with E-state index in [0.717, 1.165) is 13.1 Å². The van der Waals surface area contributed by atoms with Crippen molar-refractivity contribution in [3.05, 3.63) is 12.3 Å². The second-order valence-corrected chi connectivity index (χ2v) is 4.42.